The molecule has 8 heavy (non-hydrogen) atoms. The van der Waals surface area contributed by atoms with Crippen LogP contribution < -0.4 is 39.8 Å². The maximum absolute atomic E-state index is 8.93. The van der Waals surface area contributed by atoms with Crippen molar-refractivity contribution >= 4 is 11.9 Å². The largest absolute Gasteiger partial charge is 2.00 e. The van der Waals surface area contributed by atoms with Crippen LogP contribution in [0.4, 0.5) is 0 Å². The maximum atomic E-state index is 8.93. The van der Waals surface area contributed by atoms with E-state index in [1.165, 1.54) is 0 Å². The van der Waals surface area contributed by atoms with Crippen LogP contribution in [0.25, 0.3) is 0 Å². The Morgan fingerprint density at radius 1 is 1.00 bits per heavy atom. The Labute approximate surface area is 80.3 Å². The summed E-state index contributed by atoms with van der Waals surface area (Å²) in [5, 5.41) is 17.9. The van der Waals surface area contributed by atoms with E-state index >= 15 is 0 Å². The van der Waals surface area contributed by atoms with Gasteiger partial charge in [0.25, 0.3) is 0 Å². The summed E-state index contributed by atoms with van der Waals surface area (Å²) < 4.78 is 0. The molecule has 0 aromatic carbocycles. The van der Waals surface area contributed by atoms with Crippen molar-refractivity contribution in [1.82, 2.24) is 0 Å². The molecule has 4 nitrogen and oxygen atoms in total. The van der Waals surface area contributed by atoms with Gasteiger partial charge < -0.3 is 19.8 Å². The van der Waals surface area contributed by atoms with Gasteiger partial charge in [-0.1, -0.05) is 0 Å². The van der Waals surface area contributed by atoms with Crippen LogP contribution in [-0.4, -0.2) is 11.9 Å². The molecule has 0 rings (SSSR count). The average Bonchev–Trinajstić information content (AvgIpc) is 1.36. The minimum Gasteiger partial charge on any atom is -0.543 e. The maximum Gasteiger partial charge on any atom is 2.00 e. The second kappa shape index (κ2) is 7.56. The minimum absolute atomic E-state index is 0. The van der Waals surface area contributed by atoms with Crippen molar-refractivity contribution in [1.29, 1.82) is 0 Å². The second-order valence-electron chi connectivity index (χ2n) is 0.575. The smallest absolute Gasteiger partial charge is 0.543 e. The molecule has 0 saturated heterocycles. The molecule has 0 spiro atoms. The van der Waals surface area contributed by atoms with E-state index in [0.717, 1.165) is 0 Å². The molecule has 0 unspecified atom stereocenters. The molecule has 0 N–H and O–H groups in total. The molecule has 0 aliphatic carbocycles. The van der Waals surface area contributed by atoms with Gasteiger partial charge in [-0.3, -0.25) is 0 Å². The van der Waals surface area contributed by atoms with Crippen LogP contribution in [0.1, 0.15) is 0 Å². The minimum atomic E-state index is -2.19. The van der Waals surface area contributed by atoms with Crippen molar-refractivity contribution < 1.29 is 68.8 Å². The SMILES string of the molecule is O=C([O-])C(=O)[O-].[Na+].[Rh+2]. The average molecular weight is 214 g/mol. The van der Waals surface area contributed by atoms with E-state index in [2.05, 4.69) is 0 Å². The topological polar surface area (TPSA) is 80.3 Å². The third-order valence-electron chi connectivity index (χ3n) is 0.167. The van der Waals surface area contributed by atoms with Crippen molar-refractivity contribution in [3.8, 4) is 0 Å². The van der Waals surface area contributed by atoms with Gasteiger partial charge in [0.15, 0.2) is 0 Å². The Hall–Kier alpha value is 0.563. The van der Waals surface area contributed by atoms with Crippen molar-refractivity contribution in [3.63, 3.8) is 0 Å². The third-order valence-corrected chi connectivity index (χ3v) is 0.167. The Morgan fingerprint density at radius 2 is 1.12 bits per heavy atom. The van der Waals surface area contributed by atoms with E-state index in [1.807, 2.05) is 0 Å². The first-order valence-electron chi connectivity index (χ1n) is 1.07. The van der Waals surface area contributed by atoms with E-state index in [1.54, 1.807) is 0 Å². The van der Waals surface area contributed by atoms with Gasteiger partial charge in [-0.25, -0.2) is 0 Å². The van der Waals surface area contributed by atoms with Crippen molar-refractivity contribution in [3.05, 3.63) is 0 Å². The summed E-state index contributed by atoms with van der Waals surface area (Å²) in [6.07, 6.45) is 0. The number of carboxylic acids is 2. The first-order valence-corrected chi connectivity index (χ1v) is 1.07. The second-order valence-corrected chi connectivity index (χ2v) is 0.575. The van der Waals surface area contributed by atoms with E-state index < -0.39 is 11.9 Å². The molecule has 0 amide bonds. The standard InChI is InChI=1S/C2H2O4.Na.Rh/c3-1(4)2(5)6;;/h(H,3,4)(H,5,6);;/q;+1;+2/p-2. The molecule has 41 valence electrons. The summed E-state index contributed by atoms with van der Waals surface area (Å²) in [4.78, 5) is 17.9. The van der Waals surface area contributed by atoms with Gasteiger partial charge in [-0.15, -0.1) is 0 Å². The monoisotopic (exact) mass is 214 g/mol. The number of hydrogen-bond donors (Lipinski definition) is 0. The summed E-state index contributed by atoms with van der Waals surface area (Å²) in [7, 11) is 0. The Kier molecular flexibility index (Phi) is 15.0. The summed E-state index contributed by atoms with van der Waals surface area (Å²) in [5.74, 6) is -4.37. The number of carbonyl (C=O) groups excluding carboxylic acids is 2. The van der Waals surface area contributed by atoms with E-state index in [9.17, 15) is 0 Å². The van der Waals surface area contributed by atoms with Crippen LogP contribution in [0.3, 0.4) is 0 Å². The number of carboxylic acid groups (broad SMARTS) is 2. The predicted molar refractivity (Wildman–Crippen MR) is 10.0 cm³/mol. The van der Waals surface area contributed by atoms with Crippen LogP contribution in [0.2, 0.25) is 0 Å². The normalized spacial score (nSPS) is 5.50. The molecular formula is C2NaO4Rh+. The molecule has 6 heteroatoms. The van der Waals surface area contributed by atoms with Gasteiger partial charge in [0, 0.05) is 0 Å². The quantitative estimate of drug-likeness (QED) is 0.296. The first-order chi connectivity index (χ1) is 2.64. The zero-order valence-corrected chi connectivity index (χ0v) is 7.61. The van der Waals surface area contributed by atoms with Gasteiger partial charge in [-0.2, -0.15) is 0 Å². The third kappa shape index (κ3) is 9.76. The molecule has 0 aliphatic heterocycles. The zero-order valence-electron chi connectivity index (χ0n) is 3.97. The summed E-state index contributed by atoms with van der Waals surface area (Å²) >= 11 is 0. The Balaban J connectivity index is -0.000000125. The summed E-state index contributed by atoms with van der Waals surface area (Å²) in [6.45, 7) is 0. The number of hydrogen-bond acceptors (Lipinski definition) is 4. The molecule has 0 aromatic heterocycles. The molecule has 0 saturated carbocycles. The van der Waals surface area contributed by atoms with Crippen molar-refractivity contribution in [2.45, 2.75) is 0 Å². The predicted octanol–water partition coefficient (Wildman–Crippen LogP) is -6.51. The molecule has 0 aliphatic rings. The molecule has 0 bridgehead atoms. The van der Waals surface area contributed by atoms with E-state index in [0.29, 0.717) is 0 Å². The van der Waals surface area contributed by atoms with Crippen LogP contribution >= 0.6 is 0 Å². The molecule has 0 heterocycles. The number of rotatable bonds is 0. The van der Waals surface area contributed by atoms with Gasteiger partial charge in [0.2, 0.25) is 0 Å². The van der Waals surface area contributed by atoms with Crippen molar-refractivity contribution in [2.24, 2.45) is 0 Å². The number of carbonyl (C=O) groups is 2. The van der Waals surface area contributed by atoms with Gasteiger partial charge >= 0.3 is 49.0 Å². The molecule has 0 aromatic rings. The fraction of sp³-hybridized carbons (Fsp3) is 0. The Morgan fingerprint density at radius 3 is 1.12 bits per heavy atom. The molecule has 0 atom stereocenters. The van der Waals surface area contributed by atoms with Crippen LogP contribution in [0.5, 0.6) is 0 Å². The van der Waals surface area contributed by atoms with Crippen LogP contribution in [0, 0.1) is 0 Å². The van der Waals surface area contributed by atoms with Crippen molar-refractivity contribution in [2.75, 3.05) is 0 Å². The van der Waals surface area contributed by atoms with Gasteiger partial charge in [-0.05, 0) is 0 Å². The summed E-state index contributed by atoms with van der Waals surface area (Å²) in [6, 6.07) is 0. The van der Waals surface area contributed by atoms with E-state index in [-0.39, 0.29) is 49.0 Å². The van der Waals surface area contributed by atoms with Gasteiger partial charge in [0.1, 0.15) is 0 Å². The Bertz CT molecular complexity index is 80.0. The molecular weight excluding hydrogens is 214 g/mol. The van der Waals surface area contributed by atoms with Gasteiger partial charge in [0.05, 0.1) is 11.9 Å². The zero-order chi connectivity index (χ0) is 5.15. The fourth-order valence-electron chi connectivity index (χ4n) is 0. The van der Waals surface area contributed by atoms with E-state index in [4.69, 9.17) is 19.8 Å². The molecule has 0 fully saturated rings. The molecule has 1 radical (unpaired) electrons. The first kappa shape index (κ1) is 15.8. The van der Waals surface area contributed by atoms with Crippen LogP contribution in [-0.2, 0) is 29.1 Å². The summed E-state index contributed by atoms with van der Waals surface area (Å²) in [5.41, 5.74) is 0. The number of aliphatic carboxylic acids is 2. The fourth-order valence-corrected chi connectivity index (χ4v) is 0. The van der Waals surface area contributed by atoms with Crippen LogP contribution in [0.15, 0.2) is 0 Å².